The zero-order valence-corrected chi connectivity index (χ0v) is 21.0. The number of H-pyrrole nitrogens is 1. The highest BCUT2D eigenvalue weighted by Gasteiger charge is 2.32. The highest BCUT2D eigenvalue weighted by Crippen LogP contribution is 2.22. The molecule has 8 nitrogen and oxygen atoms in total. The molecule has 0 aliphatic carbocycles. The van der Waals surface area contributed by atoms with Crippen LogP contribution in [0.1, 0.15) is 44.0 Å². The second kappa shape index (κ2) is 10.1. The summed E-state index contributed by atoms with van der Waals surface area (Å²) in [5, 5.41) is 9.10. The summed E-state index contributed by atoms with van der Waals surface area (Å²) < 4.78 is 28.5. The minimum absolute atomic E-state index is 0.105. The minimum atomic E-state index is -0.671. The Morgan fingerprint density at radius 2 is 1.97 bits per heavy atom. The molecule has 0 radical (unpaired) electrons. The summed E-state index contributed by atoms with van der Waals surface area (Å²) in [6.07, 6.45) is 5.52. The van der Waals surface area contributed by atoms with Crippen LogP contribution in [0.5, 0.6) is 0 Å². The predicted molar refractivity (Wildman–Crippen MR) is 138 cm³/mol. The van der Waals surface area contributed by atoms with Gasteiger partial charge >= 0.3 is 0 Å². The normalized spacial score (nSPS) is 15.5. The molecule has 1 fully saturated rings. The number of nitrogens with zero attached hydrogens (tertiary/aromatic N) is 4. The van der Waals surface area contributed by atoms with Gasteiger partial charge in [0.25, 0.3) is 17.4 Å². The Bertz CT molecular complexity index is 1680. The maximum atomic E-state index is 14.8. The van der Waals surface area contributed by atoms with Crippen molar-refractivity contribution in [2.75, 3.05) is 19.6 Å². The minimum Gasteiger partial charge on any atom is -0.333 e. The van der Waals surface area contributed by atoms with Gasteiger partial charge in [-0.15, -0.1) is 17.8 Å². The van der Waals surface area contributed by atoms with E-state index < -0.39 is 23.1 Å². The van der Waals surface area contributed by atoms with Gasteiger partial charge in [-0.2, -0.15) is 5.10 Å². The van der Waals surface area contributed by atoms with E-state index in [-0.39, 0.29) is 54.6 Å². The van der Waals surface area contributed by atoms with Crippen LogP contribution in [0.4, 0.5) is 8.78 Å². The van der Waals surface area contributed by atoms with Gasteiger partial charge in [0.2, 0.25) is 0 Å². The number of rotatable bonds is 4. The van der Waals surface area contributed by atoms with Crippen molar-refractivity contribution in [3.05, 3.63) is 91.3 Å². The van der Waals surface area contributed by atoms with Crippen molar-refractivity contribution in [2.24, 2.45) is 0 Å². The first-order valence-corrected chi connectivity index (χ1v) is 12.6. The monoisotopic (exact) mass is 533 g/mol. The molecule has 3 heterocycles. The largest absolute Gasteiger partial charge is 0.333 e. The molecular formula is C27H21F2N5O3S. The number of carbonyl (C=O) groups excluding carboxylic acids is 2. The topological polar surface area (TPSA) is 99.3 Å². The molecule has 1 saturated heterocycles. The third-order valence-corrected chi connectivity index (χ3v) is 7.26. The lowest BCUT2D eigenvalue weighted by Crippen LogP contribution is -2.55. The fourth-order valence-corrected chi connectivity index (χ4v) is 5.16. The van der Waals surface area contributed by atoms with Crippen molar-refractivity contribution >= 4 is 33.9 Å². The van der Waals surface area contributed by atoms with E-state index >= 15 is 0 Å². The van der Waals surface area contributed by atoms with E-state index in [9.17, 15) is 23.2 Å². The Labute approximate surface area is 219 Å². The van der Waals surface area contributed by atoms with Gasteiger partial charge in [-0.05, 0) is 48.7 Å². The molecule has 1 N–H and O–H groups in total. The highest BCUT2D eigenvalue weighted by molar-refractivity contribution is 7.10. The number of thiazole rings is 1. The molecule has 1 unspecified atom stereocenters. The number of aromatic nitrogens is 3. The van der Waals surface area contributed by atoms with Gasteiger partial charge in [-0.25, -0.2) is 18.9 Å². The summed E-state index contributed by atoms with van der Waals surface area (Å²) in [5.41, 5.74) is 0.692. The second-order valence-corrected chi connectivity index (χ2v) is 9.82. The van der Waals surface area contributed by atoms with E-state index in [0.29, 0.717) is 21.7 Å². The van der Waals surface area contributed by atoms with Gasteiger partial charge in [0, 0.05) is 42.9 Å². The lowest BCUT2D eigenvalue weighted by atomic mass is 10.0. The van der Waals surface area contributed by atoms with Crippen LogP contribution >= 0.6 is 11.3 Å². The van der Waals surface area contributed by atoms with Crippen LogP contribution in [0.15, 0.2) is 46.6 Å². The molecule has 192 valence electrons. The third-order valence-electron chi connectivity index (χ3n) is 6.48. The number of nitrogens with one attached hydrogen (secondary N) is 1. The number of benzene rings is 2. The Kier molecular flexibility index (Phi) is 6.73. The average Bonchev–Trinajstić information content (AvgIpc) is 3.40. The molecule has 5 rings (SSSR count). The molecule has 2 aromatic carbocycles. The standard InChI is InChI=1S/C27H21F2N5O3S/c1-3-24-30-23(14-38-24)27(37)33-8-9-34(15(2)13-33)26(36)20-10-16(4-7-21(20)29)11-22-18-6-5-17(28)12-19(18)25(35)32-31-22/h1,4-7,10,12,14-15H,8-9,11,13H2,2H3,(H,32,35). The van der Waals surface area contributed by atoms with Crippen LogP contribution in [0.25, 0.3) is 10.8 Å². The van der Waals surface area contributed by atoms with E-state index in [4.69, 9.17) is 6.42 Å². The van der Waals surface area contributed by atoms with Crippen molar-refractivity contribution < 1.29 is 18.4 Å². The van der Waals surface area contributed by atoms with Crippen molar-refractivity contribution in [3.63, 3.8) is 0 Å². The van der Waals surface area contributed by atoms with Crippen LogP contribution in [0, 0.1) is 24.0 Å². The average molecular weight is 534 g/mol. The Morgan fingerprint density at radius 3 is 2.71 bits per heavy atom. The molecule has 1 aliphatic rings. The number of fused-ring (bicyclic) bond motifs is 1. The number of terminal acetylenes is 1. The van der Waals surface area contributed by atoms with Gasteiger partial charge < -0.3 is 9.80 Å². The van der Waals surface area contributed by atoms with Crippen molar-refractivity contribution in [1.29, 1.82) is 0 Å². The molecule has 1 aliphatic heterocycles. The molecule has 0 saturated carbocycles. The van der Waals surface area contributed by atoms with Crippen LogP contribution in [-0.2, 0) is 6.42 Å². The maximum absolute atomic E-state index is 14.8. The van der Waals surface area contributed by atoms with Gasteiger partial charge in [0.05, 0.1) is 16.6 Å². The fraction of sp³-hybridized carbons (Fsp3) is 0.222. The maximum Gasteiger partial charge on any atom is 0.273 e. The SMILES string of the molecule is C#Cc1nc(C(=O)N2CCN(C(=O)c3cc(Cc4n[nH]c(=O)c5cc(F)ccc45)ccc3F)C(C)C2)cs1. The predicted octanol–water partition coefficient (Wildman–Crippen LogP) is 3.22. The van der Waals surface area contributed by atoms with Crippen LogP contribution in [0.2, 0.25) is 0 Å². The van der Waals surface area contributed by atoms with E-state index in [2.05, 4.69) is 21.1 Å². The number of halogens is 2. The second-order valence-electron chi connectivity index (χ2n) is 8.96. The summed E-state index contributed by atoms with van der Waals surface area (Å²) in [6, 6.07) is 7.68. The molecule has 11 heteroatoms. The lowest BCUT2D eigenvalue weighted by molar-refractivity contribution is 0.0409. The highest BCUT2D eigenvalue weighted by atomic mass is 32.1. The van der Waals surface area contributed by atoms with E-state index in [1.54, 1.807) is 17.2 Å². The number of amides is 2. The molecule has 1 atom stereocenters. The fourth-order valence-electron chi connectivity index (χ4n) is 4.57. The lowest BCUT2D eigenvalue weighted by Gasteiger charge is -2.39. The molecule has 0 spiro atoms. The van der Waals surface area contributed by atoms with Gasteiger partial charge in [0.15, 0.2) is 5.01 Å². The summed E-state index contributed by atoms with van der Waals surface area (Å²) in [6.45, 7) is 2.55. The van der Waals surface area contributed by atoms with E-state index in [0.717, 1.165) is 6.07 Å². The zero-order chi connectivity index (χ0) is 27.0. The molecule has 38 heavy (non-hydrogen) atoms. The van der Waals surface area contributed by atoms with Crippen molar-refractivity contribution in [3.8, 4) is 12.3 Å². The molecule has 2 amide bonds. The van der Waals surface area contributed by atoms with E-state index in [1.165, 1.54) is 46.6 Å². The van der Waals surface area contributed by atoms with Crippen molar-refractivity contribution in [1.82, 2.24) is 25.0 Å². The Morgan fingerprint density at radius 1 is 1.16 bits per heavy atom. The molecule has 4 aromatic rings. The van der Waals surface area contributed by atoms with Crippen LogP contribution < -0.4 is 5.56 Å². The molecule has 2 aromatic heterocycles. The van der Waals surface area contributed by atoms with Crippen molar-refractivity contribution in [2.45, 2.75) is 19.4 Å². The first-order chi connectivity index (χ1) is 18.2. The van der Waals surface area contributed by atoms with E-state index in [1.807, 2.05) is 0 Å². The van der Waals surface area contributed by atoms with Gasteiger partial charge in [-0.3, -0.25) is 14.4 Å². The first kappa shape index (κ1) is 25.2. The van der Waals surface area contributed by atoms with Gasteiger partial charge in [-0.1, -0.05) is 6.07 Å². The zero-order valence-electron chi connectivity index (χ0n) is 20.2. The number of carbonyl (C=O) groups is 2. The number of piperazine rings is 1. The number of hydrogen-bond acceptors (Lipinski definition) is 6. The summed E-state index contributed by atoms with van der Waals surface area (Å²) in [4.78, 5) is 45.5. The Hall–Kier alpha value is -4.43. The van der Waals surface area contributed by atoms with Crippen LogP contribution in [0.3, 0.4) is 0 Å². The molecular weight excluding hydrogens is 512 g/mol. The summed E-state index contributed by atoms with van der Waals surface area (Å²) >= 11 is 1.21. The smallest absolute Gasteiger partial charge is 0.273 e. The van der Waals surface area contributed by atoms with Crippen LogP contribution in [-0.4, -0.2) is 62.5 Å². The van der Waals surface area contributed by atoms with Gasteiger partial charge in [0.1, 0.15) is 17.3 Å². The summed E-state index contributed by atoms with van der Waals surface area (Å²) in [5.74, 6) is 0.428. The summed E-state index contributed by atoms with van der Waals surface area (Å²) in [7, 11) is 0. The number of hydrogen-bond donors (Lipinski definition) is 1. The first-order valence-electron chi connectivity index (χ1n) is 11.7. The quantitative estimate of drug-likeness (QED) is 0.406. The molecule has 0 bridgehead atoms. The number of aromatic amines is 1. The third kappa shape index (κ3) is 4.78. The Balaban J connectivity index is 1.34.